The van der Waals surface area contributed by atoms with E-state index in [0.717, 1.165) is 17.7 Å². The molecule has 0 N–H and O–H groups in total. The number of nitrogens with zero attached hydrogens (tertiary/aromatic N) is 2. The van der Waals surface area contributed by atoms with Gasteiger partial charge in [-0.05, 0) is 66.8 Å². The Kier molecular flexibility index (Phi) is 6.83. The van der Waals surface area contributed by atoms with Gasteiger partial charge in [0.15, 0.2) is 0 Å². The molecule has 0 saturated heterocycles. The second-order valence-corrected chi connectivity index (χ2v) is 8.63. The zero-order chi connectivity index (χ0) is 22.7. The number of fused-ring (bicyclic) bond motifs is 1. The number of benzodiazepines with no additional fused rings is 1. The number of aliphatic imine (C=N–C) groups is 1. The summed E-state index contributed by atoms with van der Waals surface area (Å²) >= 11 is 12.8. The Morgan fingerprint density at radius 3 is 2.50 bits per heavy atom. The summed E-state index contributed by atoms with van der Waals surface area (Å²) in [4.78, 5) is 20.0. The van der Waals surface area contributed by atoms with Gasteiger partial charge in [0.05, 0.1) is 19.3 Å². The summed E-state index contributed by atoms with van der Waals surface area (Å²) in [6.07, 6.45) is 1.31. The van der Waals surface area contributed by atoms with E-state index in [1.165, 1.54) is 11.1 Å². The molecular formula is C26H24Cl2N2O2. The minimum Gasteiger partial charge on any atom is -0.497 e. The topological polar surface area (TPSA) is 41.9 Å². The Morgan fingerprint density at radius 2 is 1.78 bits per heavy atom. The minimum absolute atomic E-state index is 0.0753. The van der Waals surface area contributed by atoms with Crippen LogP contribution in [0.15, 0.2) is 71.7 Å². The molecule has 1 unspecified atom stereocenters. The third-order valence-electron chi connectivity index (χ3n) is 5.74. The number of methoxy groups -OCH3 is 1. The van der Waals surface area contributed by atoms with E-state index >= 15 is 0 Å². The van der Waals surface area contributed by atoms with E-state index < -0.39 is 6.04 Å². The highest BCUT2D eigenvalue weighted by atomic mass is 35.5. The second-order valence-electron chi connectivity index (χ2n) is 7.83. The van der Waals surface area contributed by atoms with E-state index in [0.29, 0.717) is 34.4 Å². The van der Waals surface area contributed by atoms with Crippen molar-refractivity contribution >= 4 is 40.0 Å². The smallest absolute Gasteiger partial charge is 0.252 e. The summed E-state index contributed by atoms with van der Waals surface area (Å²) in [5, 5.41) is 0.857. The Bertz CT molecular complexity index is 1160. The van der Waals surface area contributed by atoms with Crippen molar-refractivity contribution in [2.75, 3.05) is 12.0 Å². The number of hydrogen-bond acceptors (Lipinski definition) is 3. The van der Waals surface area contributed by atoms with Crippen LogP contribution in [0.25, 0.3) is 0 Å². The zero-order valence-corrected chi connectivity index (χ0v) is 19.5. The first kappa shape index (κ1) is 22.4. The lowest BCUT2D eigenvalue weighted by Crippen LogP contribution is -2.37. The second kappa shape index (κ2) is 9.76. The van der Waals surface area contributed by atoms with E-state index in [-0.39, 0.29) is 5.91 Å². The molecule has 4 rings (SSSR count). The van der Waals surface area contributed by atoms with Crippen molar-refractivity contribution in [1.29, 1.82) is 0 Å². The molecule has 4 nitrogen and oxygen atoms in total. The maximum Gasteiger partial charge on any atom is 0.252 e. The average Bonchev–Trinajstić information content (AvgIpc) is 2.89. The van der Waals surface area contributed by atoms with Gasteiger partial charge in [0.25, 0.3) is 5.91 Å². The fraction of sp³-hybridized carbons (Fsp3) is 0.231. The number of rotatable bonds is 6. The van der Waals surface area contributed by atoms with Crippen LogP contribution in [0.3, 0.4) is 0 Å². The molecule has 1 amide bonds. The summed E-state index contributed by atoms with van der Waals surface area (Å²) < 4.78 is 5.25. The number of benzene rings is 3. The van der Waals surface area contributed by atoms with E-state index in [1.807, 2.05) is 42.5 Å². The highest BCUT2D eigenvalue weighted by Crippen LogP contribution is 2.32. The van der Waals surface area contributed by atoms with E-state index in [9.17, 15) is 4.79 Å². The molecular weight excluding hydrogens is 443 g/mol. The summed E-state index contributed by atoms with van der Waals surface area (Å²) in [5.74, 6) is 0.694. The van der Waals surface area contributed by atoms with Gasteiger partial charge >= 0.3 is 0 Å². The standard InChI is InChI=1S/C26H24Cl2N2O2/c1-17-5-3-4-6-19(17)9-13-23-26(31)30(16-18-7-11-21(32-2)12-8-18)24-14-10-20(27)15-22(24)25(28)29-23/h3-8,10-12,14-15,23H,9,13,16H2,1-2H3. The van der Waals surface area contributed by atoms with Crippen molar-refractivity contribution in [3.63, 3.8) is 0 Å². The van der Waals surface area contributed by atoms with Crippen LogP contribution >= 0.6 is 23.2 Å². The fourth-order valence-electron chi connectivity index (χ4n) is 3.92. The van der Waals surface area contributed by atoms with Gasteiger partial charge in [-0.2, -0.15) is 0 Å². The van der Waals surface area contributed by atoms with Crippen molar-refractivity contribution in [3.05, 3.63) is 94.0 Å². The van der Waals surface area contributed by atoms with Crippen molar-refractivity contribution in [2.45, 2.75) is 32.4 Å². The van der Waals surface area contributed by atoms with Gasteiger partial charge in [-0.1, -0.05) is 59.6 Å². The van der Waals surface area contributed by atoms with Crippen LogP contribution in [0.2, 0.25) is 5.02 Å². The predicted molar refractivity (Wildman–Crippen MR) is 131 cm³/mol. The van der Waals surface area contributed by atoms with Crippen molar-refractivity contribution in [3.8, 4) is 5.75 Å². The van der Waals surface area contributed by atoms with Crippen LogP contribution in [0.5, 0.6) is 5.75 Å². The number of ether oxygens (including phenoxy) is 1. The van der Waals surface area contributed by atoms with Crippen LogP contribution in [0.1, 0.15) is 28.7 Å². The third-order valence-corrected chi connectivity index (χ3v) is 6.28. The van der Waals surface area contributed by atoms with E-state index in [4.69, 9.17) is 27.9 Å². The van der Waals surface area contributed by atoms with Gasteiger partial charge in [-0.25, -0.2) is 0 Å². The van der Waals surface area contributed by atoms with Gasteiger partial charge in [0.2, 0.25) is 0 Å². The average molecular weight is 467 g/mol. The van der Waals surface area contributed by atoms with E-state index in [2.05, 4.69) is 24.0 Å². The molecule has 164 valence electrons. The molecule has 0 fully saturated rings. The summed E-state index contributed by atoms with van der Waals surface area (Å²) in [7, 11) is 1.63. The lowest BCUT2D eigenvalue weighted by molar-refractivity contribution is -0.120. The van der Waals surface area contributed by atoms with Crippen LogP contribution < -0.4 is 9.64 Å². The van der Waals surface area contributed by atoms with Gasteiger partial charge < -0.3 is 9.64 Å². The molecule has 1 atom stereocenters. The molecule has 0 saturated carbocycles. The lowest BCUT2D eigenvalue weighted by atomic mass is 10.0. The van der Waals surface area contributed by atoms with Gasteiger partial charge in [-0.3, -0.25) is 9.79 Å². The largest absolute Gasteiger partial charge is 0.497 e. The number of anilines is 1. The molecule has 0 aromatic heterocycles. The number of halogens is 2. The summed E-state index contributed by atoms with van der Waals surface area (Å²) in [5.41, 5.74) is 4.77. The van der Waals surface area contributed by atoms with Crippen LogP contribution in [0.4, 0.5) is 5.69 Å². The first-order chi connectivity index (χ1) is 15.5. The molecule has 3 aromatic carbocycles. The van der Waals surface area contributed by atoms with Crippen molar-refractivity contribution < 1.29 is 9.53 Å². The molecule has 1 aliphatic rings. The quantitative estimate of drug-likeness (QED) is 0.434. The van der Waals surface area contributed by atoms with Crippen LogP contribution in [-0.2, 0) is 17.8 Å². The van der Waals surface area contributed by atoms with Crippen molar-refractivity contribution in [2.24, 2.45) is 4.99 Å². The Labute approximate surface area is 198 Å². The minimum atomic E-state index is -0.577. The van der Waals surface area contributed by atoms with Gasteiger partial charge in [0.1, 0.15) is 17.0 Å². The highest BCUT2D eigenvalue weighted by molar-refractivity contribution is 6.70. The molecule has 0 bridgehead atoms. The number of hydrogen-bond donors (Lipinski definition) is 0. The number of carbonyl (C=O) groups excluding carboxylic acids is 1. The third kappa shape index (κ3) is 4.82. The predicted octanol–water partition coefficient (Wildman–Crippen LogP) is 6.19. The first-order valence-electron chi connectivity index (χ1n) is 10.5. The molecule has 0 aliphatic carbocycles. The van der Waals surface area contributed by atoms with Crippen LogP contribution in [0, 0.1) is 6.92 Å². The Morgan fingerprint density at radius 1 is 1.03 bits per heavy atom. The normalized spacial score (nSPS) is 15.8. The molecule has 0 spiro atoms. The summed E-state index contributed by atoms with van der Waals surface area (Å²) in [6, 6.07) is 20.7. The molecule has 0 radical (unpaired) electrons. The van der Waals surface area contributed by atoms with E-state index in [1.54, 1.807) is 24.1 Å². The zero-order valence-electron chi connectivity index (χ0n) is 18.0. The summed E-state index contributed by atoms with van der Waals surface area (Å²) in [6.45, 7) is 2.48. The Balaban J connectivity index is 1.67. The maximum atomic E-state index is 13.7. The maximum absolute atomic E-state index is 13.7. The Hall–Kier alpha value is -2.82. The molecule has 1 aliphatic heterocycles. The first-order valence-corrected chi connectivity index (χ1v) is 11.2. The lowest BCUT2D eigenvalue weighted by Gasteiger charge is -2.25. The molecule has 3 aromatic rings. The van der Waals surface area contributed by atoms with Gasteiger partial charge in [0, 0.05) is 10.6 Å². The molecule has 1 heterocycles. The monoisotopic (exact) mass is 466 g/mol. The highest BCUT2D eigenvalue weighted by Gasteiger charge is 2.31. The number of amides is 1. The SMILES string of the molecule is COc1ccc(CN2C(=O)C(CCc3ccccc3C)N=C(Cl)c3cc(Cl)ccc32)cc1. The fourth-order valence-corrected chi connectivity index (χ4v) is 4.36. The number of aryl methyl sites for hydroxylation is 2. The van der Waals surface area contributed by atoms with Gasteiger partial charge in [-0.15, -0.1) is 0 Å². The molecule has 32 heavy (non-hydrogen) atoms. The van der Waals surface area contributed by atoms with Crippen LogP contribution in [-0.4, -0.2) is 24.2 Å². The van der Waals surface area contributed by atoms with Crippen molar-refractivity contribution in [1.82, 2.24) is 0 Å². The number of carbonyl (C=O) groups is 1. The molecule has 6 heteroatoms.